The molecule has 0 heterocycles. The van der Waals surface area contributed by atoms with E-state index in [2.05, 4.69) is 10.1 Å². The third-order valence-corrected chi connectivity index (χ3v) is 3.46. The van der Waals surface area contributed by atoms with Crippen LogP contribution in [0.15, 0.2) is 42.5 Å². The lowest BCUT2D eigenvalue weighted by Gasteiger charge is -2.10. The highest BCUT2D eigenvalue weighted by molar-refractivity contribution is 6.01. The van der Waals surface area contributed by atoms with Gasteiger partial charge in [0.25, 0.3) is 0 Å². The highest BCUT2D eigenvalue weighted by atomic mass is 19.1. The minimum absolute atomic E-state index is 0.0436. The van der Waals surface area contributed by atoms with Crippen molar-refractivity contribution in [1.82, 2.24) is 0 Å². The molecule has 0 atom stereocenters. The van der Waals surface area contributed by atoms with Gasteiger partial charge in [0.15, 0.2) is 11.5 Å². The van der Waals surface area contributed by atoms with E-state index in [-0.39, 0.29) is 29.9 Å². The van der Waals surface area contributed by atoms with Crippen molar-refractivity contribution in [2.24, 2.45) is 0 Å². The van der Waals surface area contributed by atoms with E-state index in [4.69, 9.17) is 0 Å². The number of carbonyl (C=O) groups is 3. The van der Waals surface area contributed by atoms with Crippen LogP contribution in [0.4, 0.5) is 10.1 Å². The maximum absolute atomic E-state index is 12.8. The molecule has 0 unspecified atom stereocenters. The molecule has 130 valence electrons. The minimum Gasteiger partial charge on any atom is -0.505 e. The van der Waals surface area contributed by atoms with Crippen LogP contribution in [0.1, 0.15) is 33.6 Å². The first-order chi connectivity index (χ1) is 11.9. The van der Waals surface area contributed by atoms with Gasteiger partial charge in [-0.15, -0.1) is 0 Å². The van der Waals surface area contributed by atoms with E-state index in [1.54, 1.807) is 0 Å². The zero-order chi connectivity index (χ0) is 18.4. The molecule has 0 radical (unpaired) electrons. The lowest BCUT2D eigenvalue weighted by atomic mass is 10.1. The molecule has 0 bridgehead atoms. The van der Waals surface area contributed by atoms with Crippen LogP contribution in [0.5, 0.6) is 5.75 Å². The number of carbonyl (C=O) groups excluding carboxylic acids is 3. The van der Waals surface area contributed by atoms with Gasteiger partial charge in [0.1, 0.15) is 11.4 Å². The number of ether oxygens (including phenoxy) is 1. The van der Waals surface area contributed by atoms with E-state index < -0.39 is 23.4 Å². The summed E-state index contributed by atoms with van der Waals surface area (Å²) >= 11 is 0. The first kappa shape index (κ1) is 18.1. The second-order valence-corrected chi connectivity index (χ2v) is 5.17. The Morgan fingerprint density at radius 2 is 1.76 bits per heavy atom. The summed E-state index contributed by atoms with van der Waals surface area (Å²) in [6.45, 7) is 0. The van der Waals surface area contributed by atoms with Crippen molar-refractivity contribution in [2.75, 3.05) is 12.4 Å². The molecule has 2 rings (SSSR count). The molecule has 7 heteroatoms. The number of ketones is 1. The van der Waals surface area contributed by atoms with E-state index >= 15 is 0 Å². The molecule has 2 aromatic carbocycles. The van der Waals surface area contributed by atoms with Crippen LogP contribution in [-0.4, -0.2) is 29.9 Å². The van der Waals surface area contributed by atoms with Crippen molar-refractivity contribution in [3.63, 3.8) is 0 Å². The molecule has 0 aliphatic rings. The van der Waals surface area contributed by atoms with Crippen molar-refractivity contribution in [3.8, 4) is 5.75 Å². The lowest BCUT2D eigenvalue weighted by molar-refractivity contribution is -0.116. The second-order valence-electron chi connectivity index (χ2n) is 5.17. The Morgan fingerprint density at radius 1 is 1.08 bits per heavy atom. The number of phenolic OH excluding ortho intramolecular Hbond substituents is 1. The van der Waals surface area contributed by atoms with Gasteiger partial charge in [-0.25, -0.2) is 9.18 Å². The van der Waals surface area contributed by atoms with Crippen LogP contribution < -0.4 is 5.32 Å². The van der Waals surface area contributed by atoms with Gasteiger partial charge in [0.2, 0.25) is 5.91 Å². The van der Waals surface area contributed by atoms with Crippen LogP contribution in [0.2, 0.25) is 0 Å². The van der Waals surface area contributed by atoms with Gasteiger partial charge in [0, 0.05) is 18.4 Å². The average molecular weight is 345 g/mol. The highest BCUT2D eigenvalue weighted by Crippen LogP contribution is 2.28. The largest absolute Gasteiger partial charge is 0.505 e. The number of para-hydroxylation sites is 1. The maximum Gasteiger partial charge on any atom is 0.341 e. The molecule has 2 aromatic rings. The number of hydrogen-bond donors (Lipinski definition) is 2. The smallest absolute Gasteiger partial charge is 0.341 e. The minimum atomic E-state index is -0.736. The molecule has 25 heavy (non-hydrogen) atoms. The molecule has 0 aliphatic carbocycles. The quantitative estimate of drug-likeness (QED) is 0.477. The van der Waals surface area contributed by atoms with Crippen molar-refractivity contribution in [1.29, 1.82) is 0 Å². The molecule has 0 aliphatic heterocycles. The Bertz CT molecular complexity index is 802. The Kier molecular flexibility index (Phi) is 5.84. The Balaban J connectivity index is 1.97. The number of benzene rings is 2. The van der Waals surface area contributed by atoms with Crippen LogP contribution in [0.25, 0.3) is 0 Å². The first-order valence-corrected chi connectivity index (χ1v) is 7.41. The summed E-state index contributed by atoms with van der Waals surface area (Å²) in [5.41, 5.74) is 0.273. The number of Topliss-reactive ketones (excluding diaryl/α,β-unsaturated/α-hetero) is 1. The van der Waals surface area contributed by atoms with Crippen molar-refractivity contribution in [2.45, 2.75) is 12.8 Å². The van der Waals surface area contributed by atoms with Crippen molar-refractivity contribution < 1.29 is 28.6 Å². The van der Waals surface area contributed by atoms with E-state index in [0.717, 1.165) is 0 Å². The average Bonchev–Trinajstić information content (AvgIpc) is 2.61. The van der Waals surface area contributed by atoms with Gasteiger partial charge in [-0.2, -0.15) is 0 Å². The van der Waals surface area contributed by atoms with Gasteiger partial charge in [-0.3, -0.25) is 9.59 Å². The third kappa shape index (κ3) is 4.63. The van der Waals surface area contributed by atoms with E-state index in [0.29, 0.717) is 5.56 Å². The Morgan fingerprint density at radius 3 is 2.40 bits per heavy atom. The Labute approximate surface area is 143 Å². The van der Waals surface area contributed by atoms with Gasteiger partial charge in [0.05, 0.1) is 12.8 Å². The molecule has 0 fully saturated rings. The third-order valence-electron chi connectivity index (χ3n) is 3.46. The number of halogens is 1. The summed E-state index contributed by atoms with van der Waals surface area (Å²) in [6, 6.07) is 9.29. The summed E-state index contributed by atoms with van der Waals surface area (Å²) < 4.78 is 17.4. The lowest BCUT2D eigenvalue weighted by Crippen LogP contribution is -2.14. The van der Waals surface area contributed by atoms with Crippen LogP contribution in [0.3, 0.4) is 0 Å². The zero-order valence-corrected chi connectivity index (χ0v) is 13.4. The Hall–Kier alpha value is -3.22. The number of phenols is 1. The fraction of sp³-hybridized carbons (Fsp3) is 0.167. The maximum atomic E-state index is 12.8. The van der Waals surface area contributed by atoms with E-state index in [1.807, 2.05) is 0 Å². The second kappa shape index (κ2) is 8.05. The highest BCUT2D eigenvalue weighted by Gasteiger charge is 2.16. The fourth-order valence-corrected chi connectivity index (χ4v) is 2.14. The number of amides is 1. The van der Waals surface area contributed by atoms with Gasteiger partial charge < -0.3 is 15.2 Å². The van der Waals surface area contributed by atoms with Crippen LogP contribution >= 0.6 is 0 Å². The number of hydrogen-bond acceptors (Lipinski definition) is 5. The fourth-order valence-electron chi connectivity index (χ4n) is 2.14. The molecular weight excluding hydrogens is 329 g/mol. The summed E-state index contributed by atoms with van der Waals surface area (Å²) in [7, 11) is 1.17. The normalized spacial score (nSPS) is 10.2. The topological polar surface area (TPSA) is 92.7 Å². The number of methoxy groups -OCH3 is 1. The molecular formula is C18H16FNO5. The summed E-state index contributed by atoms with van der Waals surface area (Å²) in [6.07, 6.45) is -0.201. The summed E-state index contributed by atoms with van der Waals surface area (Å²) in [5, 5.41) is 12.4. The van der Waals surface area contributed by atoms with Gasteiger partial charge in [-0.1, -0.05) is 6.07 Å². The molecule has 0 saturated carbocycles. The predicted octanol–water partition coefficient (Wildman–Crippen LogP) is 2.92. The number of anilines is 1. The number of aromatic hydroxyl groups is 1. The van der Waals surface area contributed by atoms with E-state index in [1.165, 1.54) is 49.6 Å². The molecule has 1 amide bonds. The van der Waals surface area contributed by atoms with Crippen LogP contribution in [0, 0.1) is 5.82 Å². The van der Waals surface area contributed by atoms with Crippen LogP contribution in [-0.2, 0) is 9.53 Å². The monoisotopic (exact) mass is 345 g/mol. The summed E-state index contributed by atoms with van der Waals surface area (Å²) in [4.78, 5) is 35.4. The molecule has 0 saturated heterocycles. The summed E-state index contributed by atoms with van der Waals surface area (Å²) in [5.74, 6) is -2.40. The zero-order valence-electron chi connectivity index (χ0n) is 13.4. The van der Waals surface area contributed by atoms with Gasteiger partial charge in [-0.05, 0) is 36.4 Å². The molecule has 2 N–H and O–H groups in total. The predicted molar refractivity (Wildman–Crippen MR) is 88.0 cm³/mol. The van der Waals surface area contributed by atoms with Crippen molar-refractivity contribution in [3.05, 3.63) is 59.4 Å². The molecule has 6 nitrogen and oxygen atoms in total. The van der Waals surface area contributed by atoms with Crippen molar-refractivity contribution >= 4 is 23.3 Å². The van der Waals surface area contributed by atoms with E-state index in [9.17, 15) is 23.9 Å². The SMILES string of the molecule is COC(=O)c1cccc(NC(=O)CCC(=O)c2ccc(F)cc2)c1O. The number of esters is 1. The van der Waals surface area contributed by atoms with Gasteiger partial charge >= 0.3 is 5.97 Å². The first-order valence-electron chi connectivity index (χ1n) is 7.41. The number of nitrogens with one attached hydrogen (secondary N) is 1. The molecule has 0 aromatic heterocycles. The number of rotatable bonds is 6. The standard InChI is InChI=1S/C18H16FNO5/c1-25-18(24)13-3-2-4-14(17(13)23)20-16(22)10-9-15(21)11-5-7-12(19)8-6-11/h2-8,23H,9-10H2,1H3,(H,20,22). The molecule has 0 spiro atoms.